The van der Waals surface area contributed by atoms with E-state index >= 15 is 0 Å². The summed E-state index contributed by atoms with van der Waals surface area (Å²) in [7, 11) is 3.11. The summed E-state index contributed by atoms with van der Waals surface area (Å²) in [5.74, 6) is 1.00. The van der Waals surface area contributed by atoms with E-state index in [4.69, 9.17) is 10.2 Å². The van der Waals surface area contributed by atoms with Gasteiger partial charge in [0.2, 0.25) is 0 Å². The lowest BCUT2D eigenvalue weighted by Gasteiger charge is -2.13. The normalized spacial score (nSPS) is 11.3. The molecule has 0 aliphatic carbocycles. The zero-order chi connectivity index (χ0) is 44.5. The number of rotatable bonds is 12. The highest BCUT2D eigenvalue weighted by Crippen LogP contribution is 2.31. The molecule has 0 fully saturated rings. The monoisotopic (exact) mass is 846 g/mol. The highest BCUT2D eigenvalue weighted by Gasteiger charge is 2.18. The summed E-state index contributed by atoms with van der Waals surface area (Å²) in [5.41, 5.74) is 9.72. The second-order valence-corrected chi connectivity index (χ2v) is 13.9. The van der Waals surface area contributed by atoms with Gasteiger partial charge in [0.25, 0.3) is 0 Å². The maximum absolute atomic E-state index is 11.5. The Labute approximate surface area is 359 Å². The van der Waals surface area contributed by atoms with Crippen LogP contribution >= 0.6 is 0 Å². The van der Waals surface area contributed by atoms with Gasteiger partial charge in [-0.25, -0.2) is 29.5 Å². The van der Waals surface area contributed by atoms with Crippen molar-refractivity contribution in [3.05, 3.63) is 108 Å². The lowest BCUT2D eigenvalue weighted by atomic mass is 10.1. The van der Waals surface area contributed by atoms with Gasteiger partial charge in [-0.05, 0) is 67.1 Å². The van der Waals surface area contributed by atoms with E-state index < -0.39 is 6.10 Å². The van der Waals surface area contributed by atoms with Gasteiger partial charge in [0.15, 0.2) is 22.9 Å². The van der Waals surface area contributed by atoms with Crippen molar-refractivity contribution in [3.8, 4) is 34.7 Å². The Morgan fingerprint density at radius 1 is 0.683 bits per heavy atom. The molecule has 4 amide bonds. The fraction of sp³-hybridized carbons (Fsp3) is 0.182. The van der Waals surface area contributed by atoms with Crippen molar-refractivity contribution >= 4 is 68.4 Å². The number of nitrogens with zero attached hydrogens (tertiary/aromatic N) is 8. The minimum atomic E-state index is -0.951. The van der Waals surface area contributed by atoms with E-state index in [0.717, 1.165) is 33.5 Å². The third kappa shape index (κ3) is 9.36. The lowest BCUT2D eigenvalue weighted by molar-refractivity contribution is 0.105. The van der Waals surface area contributed by atoms with Crippen LogP contribution in [0.2, 0.25) is 0 Å². The first-order chi connectivity index (χ1) is 30.7. The topological polar surface area (TPSA) is 275 Å². The van der Waals surface area contributed by atoms with Crippen LogP contribution in [0.25, 0.3) is 55.9 Å². The van der Waals surface area contributed by atoms with Crippen LogP contribution in [0, 0.1) is 22.7 Å². The van der Waals surface area contributed by atoms with Gasteiger partial charge < -0.3 is 47.2 Å². The third-order valence-electron chi connectivity index (χ3n) is 9.78. The molecule has 0 saturated heterocycles. The van der Waals surface area contributed by atoms with Gasteiger partial charge >= 0.3 is 12.1 Å². The molecule has 63 heavy (non-hydrogen) atoms. The molecule has 19 heteroatoms. The fourth-order valence-corrected chi connectivity index (χ4v) is 6.65. The SMILES string of the molecule is CNC(=O)Nc1ccc(-c2cnc3c(NCC(O)CO)nc4cc(C#N)ccc4n23)cc1.CNC(=O)Nc1ccc(-c2cnc3c(NCCCO)nc4cc(C#N)ccc4n23)cc1. The van der Waals surface area contributed by atoms with Crippen molar-refractivity contribution < 1.29 is 24.9 Å². The first kappa shape index (κ1) is 42.8. The van der Waals surface area contributed by atoms with Crippen molar-refractivity contribution in [1.82, 2.24) is 39.4 Å². The van der Waals surface area contributed by atoms with Crippen LogP contribution in [-0.2, 0) is 0 Å². The Morgan fingerprint density at radius 3 is 1.56 bits per heavy atom. The Kier molecular flexibility index (Phi) is 13.1. The number of carbonyl (C=O) groups is 2. The predicted molar refractivity (Wildman–Crippen MR) is 239 cm³/mol. The van der Waals surface area contributed by atoms with Gasteiger partial charge in [0, 0.05) is 56.3 Å². The van der Waals surface area contributed by atoms with Gasteiger partial charge in [-0.15, -0.1) is 0 Å². The molecule has 8 aromatic rings. The lowest BCUT2D eigenvalue weighted by Crippen LogP contribution is -2.24. The summed E-state index contributed by atoms with van der Waals surface area (Å²) in [6.07, 6.45) is 3.11. The Balaban J connectivity index is 0.000000189. The first-order valence-electron chi connectivity index (χ1n) is 19.7. The van der Waals surface area contributed by atoms with Crippen LogP contribution in [0.1, 0.15) is 17.5 Å². The molecule has 0 spiro atoms. The van der Waals surface area contributed by atoms with E-state index in [-0.39, 0.29) is 31.8 Å². The van der Waals surface area contributed by atoms with Crippen LogP contribution in [0.15, 0.2) is 97.3 Å². The van der Waals surface area contributed by atoms with Crippen LogP contribution in [-0.4, -0.2) is 103 Å². The average molecular weight is 847 g/mol. The van der Waals surface area contributed by atoms with E-state index in [1.54, 1.807) is 62.9 Å². The molecule has 0 aliphatic rings. The quantitative estimate of drug-likeness (QED) is 0.0741. The summed E-state index contributed by atoms with van der Waals surface area (Å²) in [6.45, 7) is 0.326. The summed E-state index contributed by atoms with van der Waals surface area (Å²) in [4.78, 5) is 41.4. The zero-order valence-electron chi connectivity index (χ0n) is 34.1. The first-order valence-corrected chi connectivity index (χ1v) is 19.7. The number of imidazole rings is 2. The van der Waals surface area contributed by atoms with Crippen molar-refractivity contribution in [1.29, 1.82) is 10.5 Å². The maximum Gasteiger partial charge on any atom is 0.318 e. The number of hydrogen-bond acceptors (Lipinski definition) is 13. The Hall–Kier alpha value is -8.36. The van der Waals surface area contributed by atoms with E-state index in [1.807, 2.05) is 57.3 Å². The van der Waals surface area contributed by atoms with Crippen LogP contribution in [0.3, 0.4) is 0 Å². The summed E-state index contributed by atoms with van der Waals surface area (Å²) < 4.78 is 3.91. The number of nitrogens with one attached hydrogen (secondary N) is 6. The second kappa shape index (κ2) is 19.4. The minimum absolute atomic E-state index is 0.0750. The number of aliphatic hydroxyl groups is 3. The molecule has 4 aromatic heterocycles. The number of anilines is 4. The largest absolute Gasteiger partial charge is 0.396 e. The number of amides is 4. The molecule has 1 atom stereocenters. The molecular formula is C44H42N14O5. The molecule has 8 rings (SSSR count). The number of hydrogen-bond donors (Lipinski definition) is 9. The number of benzene rings is 4. The molecular weight excluding hydrogens is 805 g/mol. The highest BCUT2D eigenvalue weighted by atomic mass is 16.3. The smallest absolute Gasteiger partial charge is 0.318 e. The van der Waals surface area contributed by atoms with Gasteiger partial charge in [-0.2, -0.15) is 10.5 Å². The molecule has 318 valence electrons. The highest BCUT2D eigenvalue weighted by molar-refractivity contribution is 5.91. The summed E-state index contributed by atoms with van der Waals surface area (Å²) in [6, 6.07) is 29.0. The van der Waals surface area contributed by atoms with Crippen molar-refractivity contribution in [3.63, 3.8) is 0 Å². The molecule has 4 aromatic carbocycles. The van der Waals surface area contributed by atoms with Gasteiger partial charge in [-0.1, -0.05) is 24.3 Å². The van der Waals surface area contributed by atoms with Crippen LogP contribution in [0.4, 0.5) is 32.6 Å². The molecule has 19 nitrogen and oxygen atoms in total. The number of urea groups is 2. The minimum Gasteiger partial charge on any atom is -0.396 e. The Morgan fingerprint density at radius 2 is 1.14 bits per heavy atom. The maximum atomic E-state index is 11.5. The van der Waals surface area contributed by atoms with Gasteiger partial charge in [0.1, 0.15) is 0 Å². The number of aromatic nitrogens is 6. The average Bonchev–Trinajstić information content (AvgIpc) is 3.98. The molecule has 0 radical (unpaired) electrons. The molecule has 0 aliphatic heterocycles. The molecule has 0 bridgehead atoms. The van der Waals surface area contributed by atoms with E-state index in [2.05, 4.69) is 64.0 Å². The van der Waals surface area contributed by atoms with Gasteiger partial charge in [0.05, 0.1) is 81.8 Å². The number of nitriles is 2. The summed E-state index contributed by atoms with van der Waals surface area (Å²) in [5, 5.41) is 63.2. The molecule has 9 N–H and O–H groups in total. The molecule has 0 saturated carbocycles. The van der Waals surface area contributed by atoms with Crippen molar-refractivity contribution in [2.45, 2.75) is 12.5 Å². The Bertz CT molecular complexity index is 3030. The third-order valence-corrected chi connectivity index (χ3v) is 9.78. The second-order valence-electron chi connectivity index (χ2n) is 13.9. The molecule has 4 heterocycles. The van der Waals surface area contributed by atoms with Gasteiger partial charge in [-0.3, -0.25) is 8.80 Å². The van der Waals surface area contributed by atoms with Crippen LogP contribution < -0.4 is 31.9 Å². The number of fused-ring (bicyclic) bond motifs is 6. The number of carbonyl (C=O) groups excluding carboxylic acids is 2. The molecule has 1 unspecified atom stereocenters. The number of aliphatic hydroxyl groups excluding tert-OH is 3. The standard InChI is InChI=1S/C22H21N7O3.C22H21N7O2/c1-24-22(32)27-15-5-3-14(4-6-15)19-11-26-21-20(25-10-16(31)12-30)28-17-8-13(9-23)2-7-18(17)29(19)21;1-24-22(31)27-16-6-4-15(5-7-16)19-13-26-21-20(25-9-2-10-30)28-17-11-14(12-23)3-8-18(17)29(19)21/h2-8,11,16,30-31H,10,12H2,1H3,(H,25,28)(H2,24,27,32);3-8,11,13,30H,2,9-10H2,1H3,(H,25,28)(H2,24,27,31). The van der Waals surface area contributed by atoms with E-state index in [9.17, 15) is 25.2 Å². The van der Waals surface area contributed by atoms with Crippen molar-refractivity contribution in [2.75, 3.05) is 61.7 Å². The fourth-order valence-electron chi connectivity index (χ4n) is 6.65. The summed E-state index contributed by atoms with van der Waals surface area (Å²) >= 11 is 0. The zero-order valence-corrected chi connectivity index (χ0v) is 34.1. The predicted octanol–water partition coefficient (Wildman–Crippen LogP) is 4.90. The van der Waals surface area contributed by atoms with Crippen molar-refractivity contribution in [2.24, 2.45) is 0 Å². The van der Waals surface area contributed by atoms with Crippen LogP contribution in [0.5, 0.6) is 0 Å². The van der Waals surface area contributed by atoms with E-state index in [0.29, 0.717) is 69.4 Å². The van der Waals surface area contributed by atoms with E-state index in [1.165, 1.54) is 0 Å².